The summed E-state index contributed by atoms with van der Waals surface area (Å²) in [6.45, 7) is 10.6. The van der Waals surface area contributed by atoms with Crippen molar-refractivity contribution in [3.8, 4) is 11.3 Å². The fourth-order valence-electron chi connectivity index (χ4n) is 3.42. The van der Waals surface area contributed by atoms with Gasteiger partial charge < -0.3 is 9.47 Å². The summed E-state index contributed by atoms with van der Waals surface area (Å²) in [4.78, 5) is 47.6. The highest BCUT2D eigenvalue weighted by atomic mass is 16.6. The van der Waals surface area contributed by atoms with Crippen LogP contribution in [0.3, 0.4) is 0 Å². The molecule has 1 aromatic carbocycles. The number of carbonyl (C=O) groups excluding carboxylic acids is 3. The number of para-hydroxylation sites is 2. The van der Waals surface area contributed by atoms with Crippen LogP contribution in [0, 0.1) is 0 Å². The SMILES string of the molecule is CC(C)(C)OC(=O)N(CCCCC(=O)Cn1cc(-c2cnc3ccccc3n2)cn1)C(=O)OC(C)(C)C. The van der Waals surface area contributed by atoms with Crippen molar-refractivity contribution >= 4 is 29.0 Å². The third-order valence-corrected chi connectivity index (χ3v) is 5.03. The minimum atomic E-state index is -0.770. The van der Waals surface area contributed by atoms with E-state index in [2.05, 4.69) is 15.1 Å². The van der Waals surface area contributed by atoms with Crippen LogP contribution < -0.4 is 0 Å². The van der Waals surface area contributed by atoms with Gasteiger partial charge in [0.2, 0.25) is 0 Å². The lowest BCUT2D eigenvalue weighted by Gasteiger charge is -2.28. The number of unbranched alkanes of at least 4 members (excludes halogenated alkanes) is 1. The maximum absolute atomic E-state index is 12.6. The Morgan fingerprint density at radius 2 is 1.51 bits per heavy atom. The second kappa shape index (κ2) is 11.5. The van der Waals surface area contributed by atoms with Gasteiger partial charge in [0.1, 0.15) is 11.2 Å². The Bertz CT molecular complexity index is 1230. The van der Waals surface area contributed by atoms with Crippen LogP contribution in [0.1, 0.15) is 60.8 Å². The van der Waals surface area contributed by atoms with Gasteiger partial charge in [-0.05, 0) is 66.5 Å². The van der Waals surface area contributed by atoms with Gasteiger partial charge in [0.05, 0.1) is 35.7 Å². The zero-order valence-electron chi connectivity index (χ0n) is 22.4. The van der Waals surface area contributed by atoms with Gasteiger partial charge in [0.25, 0.3) is 0 Å². The first kappa shape index (κ1) is 27.8. The van der Waals surface area contributed by atoms with Crippen molar-refractivity contribution in [3.05, 3.63) is 42.9 Å². The monoisotopic (exact) mass is 509 g/mol. The van der Waals surface area contributed by atoms with Crippen LogP contribution in [0.5, 0.6) is 0 Å². The van der Waals surface area contributed by atoms with Gasteiger partial charge in [-0.25, -0.2) is 19.5 Å². The van der Waals surface area contributed by atoms with E-state index in [9.17, 15) is 14.4 Å². The summed E-state index contributed by atoms with van der Waals surface area (Å²) in [6.07, 6.45) is 4.78. The number of ketones is 1. The molecule has 0 radical (unpaired) electrons. The van der Waals surface area contributed by atoms with E-state index in [-0.39, 0.29) is 25.3 Å². The van der Waals surface area contributed by atoms with Crippen molar-refractivity contribution in [3.63, 3.8) is 0 Å². The number of ether oxygens (including phenoxy) is 2. The van der Waals surface area contributed by atoms with Crippen molar-refractivity contribution in [1.29, 1.82) is 0 Å². The number of rotatable bonds is 8. The lowest BCUT2D eigenvalue weighted by Crippen LogP contribution is -2.44. The predicted molar refractivity (Wildman–Crippen MR) is 139 cm³/mol. The van der Waals surface area contributed by atoms with E-state index >= 15 is 0 Å². The topological polar surface area (TPSA) is 117 Å². The Kier molecular flexibility index (Phi) is 8.62. The van der Waals surface area contributed by atoms with Crippen LogP contribution in [0.15, 0.2) is 42.9 Å². The molecule has 0 fully saturated rings. The van der Waals surface area contributed by atoms with Gasteiger partial charge in [-0.2, -0.15) is 5.10 Å². The van der Waals surface area contributed by atoms with Crippen LogP contribution in [0.2, 0.25) is 0 Å². The fourth-order valence-corrected chi connectivity index (χ4v) is 3.42. The molecule has 3 aromatic rings. The molecule has 2 aromatic heterocycles. The first-order valence-electron chi connectivity index (χ1n) is 12.3. The Morgan fingerprint density at radius 3 is 2.14 bits per heavy atom. The molecule has 2 heterocycles. The standard InChI is InChI=1S/C27H35N5O5/c1-26(2,3)36-24(34)32(25(35)37-27(4,5)6)14-10-9-11-20(33)18-31-17-19(15-29-31)23-16-28-21-12-7-8-13-22(21)30-23/h7-8,12-13,15-17H,9-11,14,18H2,1-6H3. The number of nitrogens with zero attached hydrogens (tertiary/aromatic N) is 5. The summed E-state index contributed by atoms with van der Waals surface area (Å²) < 4.78 is 12.3. The second-order valence-electron chi connectivity index (χ2n) is 10.8. The minimum absolute atomic E-state index is 0.0136. The Balaban J connectivity index is 1.52. The zero-order valence-corrected chi connectivity index (χ0v) is 22.4. The van der Waals surface area contributed by atoms with E-state index in [0.717, 1.165) is 21.5 Å². The third kappa shape index (κ3) is 8.66. The molecule has 2 amide bonds. The van der Waals surface area contributed by atoms with Gasteiger partial charge in [-0.1, -0.05) is 12.1 Å². The van der Waals surface area contributed by atoms with E-state index in [0.29, 0.717) is 18.5 Å². The molecule has 10 nitrogen and oxygen atoms in total. The molecule has 198 valence electrons. The van der Waals surface area contributed by atoms with Gasteiger partial charge >= 0.3 is 12.2 Å². The molecule has 3 rings (SSSR count). The van der Waals surface area contributed by atoms with Crippen LogP contribution in [0.25, 0.3) is 22.3 Å². The number of fused-ring (bicyclic) bond motifs is 1. The van der Waals surface area contributed by atoms with Gasteiger partial charge in [0.15, 0.2) is 5.78 Å². The summed E-state index contributed by atoms with van der Waals surface area (Å²) in [6, 6.07) is 7.61. The molecule has 0 N–H and O–H groups in total. The summed E-state index contributed by atoms with van der Waals surface area (Å²) in [5.74, 6) is -0.0136. The van der Waals surface area contributed by atoms with E-state index in [1.165, 1.54) is 0 Å². The van der Waals surface area contributed by atoms with Crippen LogP contribution >= 0.6 is 0 Å². The molecule has 0 aliphatic heterocycles. The molecule has 37 heavy (non-hydrogen) atoms. The van der Waals surface area contributed by atoms with E-state index in [4.69, 9.17) is 9.47 Å². The van der Waals surface area contributed by atoms with Gasteiger partial charge in [-0.15, -0.1) is 0 Å². The number of hydrogen-bond donors (Lipinski definition) is 0. The smallest absolute Gasteiger partial charge is 0.419 e. The third-order valence-electron chi connectivity index (χ3n) is 5.03. The number of amides is 2. The summed E-state index contributed by atoms with van der Waals surface area (Å²) in [5, 5.41) is 4.28. The van der Waals surface area contributed by atoms with Crippen molar-refractivity contribution in [2.75, 3.05) is 6.54 Å². The van der Waals surface area contributed by atoms with Crippen LogP contribution in [-0.4, -0.2) is 60.4 Å². The van der Waals surface area contributed by atoms with Crippen molar-refractivity contribution in [1.82, 2.24) is 24.6 Å². The minimum Gasteiger partial charge on any atom is -0.443 e. The zero-order chi connectivity index (χ0) is 27.2. The Labute approximate surface area is 217 Å². The number of hydrogen-bond acceptors (Lipinski definition) is 8. The van der Waals surface area contributed by atoms with E-state index in [1.807, 2.05) is 24.3 Å². The van der Waals surface area contributed by atoms with Crippen molar-refractivity contribution < 1.29 is 23.9 Å². The van der Waals surface area contributed by atoms with Crippen LogP contribution in [0.4, 0.5) is 9.59 Å². The average Bonchev–Trinajstić information content (AvgIpc) is 3.24. The molecule has 0 spiro atoms. The quantitative estimate of drug-likeness (QED) is 0.370. The summed E-state index contributed by atoms with van der Waals surface area (Å²) in [7, 11) is 0. The summed E-state index contributed by atoms with van der Waals surface area (Å²) >= 11 is 0. The highest BCUT2D eigenvalue weighted by Gasteiger charge is 2.30. The molecular weight excluding hydrogens is 474 g/mol. The van der Waals surface area contributed by atoms with Crippen molar-refractivity contribution in [2.24, 2.45) is 0 Å². The maximum atomic E-state index is 12.6. The lowest BCUT2D eigenvalue weighted by molar-refractivity contribution is -0.119. The normalized spacial score (nSPS) is 11.8. The van der Waals surface area contributed by atoms with Gasteiger partial charge in [-0.3, -0.25) is 14.5 Å². The number of imide groups is 1. The summed E-state index contributed by atoms with van der Waals surface area (Å²) in [5.41, 5.74) is 1.54. The molecule has 0 aliphatic carbocycles. The number of aromatic nitrogens is 4. The molecule has 0 saturated carbocycles. The van der Waals surface area contributed by atoms with E-state index in [1.54, 1.807) is 64.8 Å². The molecule has 0 unspecified atom stereocenters. The molecule has 0 atom stereocenters. The van der Waals surface area contributed by atoms with E-state index < -0.39 is 23.4 Å². The number of carbonyl (C=O) groups is 3. The van der Waals surface area contributed by atoms with Crippen molar-refractivity contribution in [2.45, 2.75) is 78.6 Å². The predicted octanol–water partition coefficient (Wildman–Crippen LogP) is 5.40. The van der Waals surface area contributed by atoms with Gasteiger partial charge in [0, 0.05) is 24.7 Å². The Hall–Kier alpha value is -3.82. The molecule has 10 heteroatoms. The number of benzene rings is 1. The van der Waals surface area contributed by atoms with Crippen LogP contribution in [-0.2, 0) is 20.8 Å². The molecule has 0 bridgehead atoms. The molecular formula is C27H35N5O5. The largest absolute Gasteiger partial charge is 0.443 e. The first-order valence-corrected chi connectivity index (χ1v) is 12.3. The molecule has 0 aliphatic rings. The average molecular weight is 510 g/mol. The highest BCUT2D eigenvalue weighted by Crippen LogP contribution is 2.19. The number of Topliss-reactive ketones (excluding diaryl/α,β-unsaturated/α-hetero) is 1. The second-order valence-corrected chi connectivity index (χ2v) is 10.8. The Morgan fingerprint density at radius 1 is 0.892 bits per heavy atom. The maximum Gasteiger partial charge on any atom is 0.419 e. The lowest BCUT2D eigenvalue weighted by atomic mass is 10.1. The molecule has 0 saturated heterocycles. The fraction of sp³-hybridized carbons (Fsp3) is 0.481. The first-order chi connectivity index (χ1) is 17.3. The highest BCUT2D eigenvalue weighted by molar-refractivity contribution is 5.88.